The van der Waals surface area contributed by atoms with E-state index in [-0.39, 0.29) is 13.0 Å². The quantitative estimate of drug-likeness (QED) is 0.823. The highest BCUT2D eigenvalue weighted by atomic mass is 32.2. The van der Waals surface area contributed by atoms with Crippen molar-refractivity contribution in [3.63, 3.8) is 0 Å². The van der Waals surface area contributed by atoms with Gasteiger partial charge in [-0.1, -0.05) is 18.2 Å². The first kappa shape index (κ1) is 15.2. The van der Waals surface area contributed by atoms with Gasteiger partial charge in [-0.25, -0.2) is 8.42 Å². The van der Waals surface area contributed by atoms with Crippen LogP contribution in [0.4, 0.5) is 5.69 Å². The van der Waals surface area contributed by atoms with Crippen molar-refractivity contribution >= 4 is 27.4 Å². The second-order valence-electron chi connectivity index (χ2n) is 4.09. The number of anilines is 1. The maximum atomic E-state index is 11.9. The van der Waals surface area contributed by atoms with Crippen LogP contribution in [0.3, 0.4) is 0 Å². The number of nitrogens with zero attached hydrogens (tertiary/aromatic N) is 1. The Morgan fingerprint density at radius 2 is 1.79 bits per heavy atom. The average molecular weight is 285 g/mol. The second kappa shape index (κ2) is 6.33. The van der Waals surface area contributed by atoms with Gasteiger partial charge >= 0.3 is 5.97 Å². The number of carbonyl (C=O) groups is 2. The monoisotopic (exact) mass is 285 g/mol. The highest BCUT2D eigenvalue weighted by Gasteiger charge is 2.20. The topological polar surface area (TPSA) is 91.8 Å². The smallest absolute Gasteiger partial charge is 0.305 e. The van der Waals surface area contributed by atoms with Crippen molar-refractivity contribution in [2.24, 2.45) is 0 Å². The molecule has 1 N–H and O–H groups in total. The minimum atomic E-state index is -3.45. The van der Waals surface area contributed by atoms with Crippen LogP contribution in [0, 0.1) is 0 Å². The van der Waals surface area contributed by atoms with E-state index in [2.05, 4.69) is 0 Å². The van der Waals surface area contributed by atoms with Crippen LogP contribution in [-0.4, -0.2) is 44.0 Å². The lowest BCUT2D eigenvalue weighted by Crippen LogP contribution is -2.37. The number of hydrogen-bond donors (Lipinski definition) is 1. The summed E-state index contributed by atoms with van der Waals surface area (Å²) >= 11 is 0. The summed E-state index contributed by atoms with van der Waals surface area (Å²) in [7, 11) is -3.45. The fraction of sp³-hybridized carbons (Fsp3) is 0.333. The Morgan fingerprint density at radius 1 is 1.21 bits per heavy atom. The van der Waals surface area contributed by atoms with Gasteiger partial charge in [0.1, 0.15) is 5.75 Å². The minimum absolute atomic E-state index is 0.0618. The number of amides is 1. The number of hydrogen-bond acceptors (Lipinski definition) is 4. The number of carboxylic acid groups (broad SMARTS) is 1. The van der Waals surface area contributed by atoms with Crippen molar-refractivity contribution < 1.29 is 23.1 Å². The molecule has 1 rings (SSSR count). The van der Waals surface area contributed by atoms with Crippen LogP contribution in [-0.2, 0) is 19.4 Å². The van der Waals surface area contributed by atoms with Crippen molar-refractivity contribution in [1.29, 1.82) is 0 Å². The largest absolute Gasteiger partial charge is 0.481 e. The van der Waals surface area contributed by atoms with Crippen LogP contribution in [0.1, 0.15) is 6.42 Å². The molecule has 104 valence electrons. The zero-order valence-corrected chi connectivity index (χ0v) is 11.3. The van der Waals surface area contributed by atoms with Gasteiger partial charge in [-0.3, -0.25) is 9.59 Å². The number of aliphatic carboxylic acids is 1. The standard InChI is InChI=1S/C12H15NO5S/c1-19(17,18)9-11(14)13(8-7-12(15)16)10-5-3-2-4-6-10/h2-6H,7-9H2,1H3,(H,15,16). The normalized spacial score (nSPS) is 11.0. The molecule has 0 saturated heterocycles. The highest BCUT2D eigenvalue weighted by Crippen LogP contribution is 2.14. The molecule has 0 aliphatic heterocycles. The summed E-state index contributed by atoms with van der Waals surface area (Å²) in [4.78, 5) is 23.7. The van der Waals surface area contributed by atoms with Crippen LogP contribution in [0.5, 0.6) is 0 Å². The van der Waals surface area contributed by atoms with Gasteiger partial charge in [-0.2, -0.15) is 0 Å². The number of benzene rings is 1. The first-order valence-corrected chi connectivity index (χ1v) is 7.60. The van der Waals surface area contributed by atoms with Crippen molar-refractivity contribution in [1.82, 2.24) is 0 Å². The van der Waals surface area contributed by atoms with E-state index >= 15 is 0 Å². The number of rotatable bonds is 6. The van der Waals surface area contributed by atoms with Crippen LogP contribution in [0.15, 0.2) is 30.3 Å². The van der Waals surface area contributed by atoms with Gasteiger partial charge in [0.2, 0.25) is 5.91 Å². The van der Waals surface area contributed by atoms with E-state index in [1.165, 1.54) is 4.90 Å². The van der Waals surface area contributed by atoms with Crippen LogP contribution < -0.4 is 4.90 Å². The van der Waals surface area contributed by atoms with Crippen LogP contribution in [0.25, 0.3) is 0 Å². The van der Waals surface area contributed by atoms with E-state index < -0.39 is 27.5 Å². The SMILES string of the molecule is CS(=O)(=O)CC(=O)N(CCC(=O)O)c1ccccc1. The lowest BCUT2D eigenvalue weighted by atomic mass is 10.2. The summed E-state index contributed by atoms with van der Waals surface area (Å²) < 4.78 is 22.3. The van der Waals surface area contributed by atoms with Gasteiger partial charge in [0, 0.05) is 18.5 Å². The number of carboxylic acids is 1. The summed E-state index contributed by atoms with van der Waals surface area (Å²) in [6.45, 7) is -0.0618. The van der Waals surface area contributed by atoms with Gasteiger partial charge < -0.3 is 10.0 Å². The third-order valence-corrected chi connectivity index (χ3v) is 3.08. The Balaban J connectivity index is 2.92. The Morgan fingerprint density at radius 3 is 2.26 bits per heavy atom. The zero-order valence-electron chi connectivity index (χ0n) is 10.4. The molecule has 0 unspecified atom stereocenters. The molecule has 1 aromatic rings. The minimum Gasteiger partial charge on any atom is -0.481 e. The molecule has 0 aromatic heterocycles. The first-order chi connectivity index (χ1) is 8.79. The molecule has 0 saturated carbocycles. The molecular formula is C12H15NO5S. The van der Waals surface area contributed by atoms with E-state index in [0.29, 0.717) is 5.69 Å². The van der Waals surface area contributed by atoms with Gasteiger partial charge in [0.25, 0.3) is 0 Å². The summed E-state index contributed by atoms with van der Waals surface area (Å²) in [5.74, 6) is -2.32. The number of sulfone groups is 1. The first-order valence-electron chi connectivity index (χ1n) is 5.54. The molecular weight excluding hydrogens is 270 g/mol. The predicted octanol–water partition coefficient (Wildman–Crippen LogP) is 0.539. The van der Waals surface area contributed by atoms with Gasteiger partial charge in [-0.15, -0.1) is 0 Å². The molecule has 0 aliphatic carbocycles. The van der Waals surface area contributed by atoms with E-state index in [1.807, 2.05) is 0 Å². The molecule has 0 spiro atoms. The van der Waals surface area contributed by atoms with E-state index in [4.69, 9.17) is 5.11 Å². The van der Waals surface area contributed by atoms with Crippen molar-refractivity contribution in [2.75, 3.05) is 23.5 Å². The van der Waals surface area contributed by atoms with E-state index in [0.717, 1.165) is 6.26 Å². The number of carbonyl (C=O) groups excluding carboxylic acids is 1. The molecule has 0 atom stereocenters. The molecule has 1 aromatic carbocycles. The van der Waals surface area contributed by atoms with Gasteiger partial charge in [-0.05, 0) is 12.1 Å². The summed E-state index contributed by atoms with van der Waals surface area (Å²) in [6, 6.07) is 8.39. The Labute approximate surface area is 111 Å². The van der Waals surface area contributed by atoms with E-state index in [9.17, 15) is 18.0 Å². The van der Waals surface area contributed by atoms with Crippen LogP contribution >= 0.6 is 0 Å². The molecule has 0 aliphatic rings. The molecule has 0 heterocycles. The highest BCUT2D eigenvalue weighted by molar-refractivity contribution is 7.91. The summed E-state index contributed by atoms with van der Waals surface area (Å²) in [5.41, 5.74) is 0.484. The molecule has 6 nitrogen and oxygen atoms in total. The van der Waals surface area contributed by atoms with Gasteiger partial charge in [0.05, 0.1) is 6.42 Å². The zero-order chi connectivity index (χ0) is 14.5. The Hall–Kier alpha value is -1.89. The average Bonchev–Trinajstić information content (AvgIpc) is 2.27. The molecule has 0 bridgehead atoms. The molecule has 0 radical (unpaired) electrons. The van der Waals surface area contributed by atoms with Crippen LogP contribution in [0.2, 0.25) is 0 Å². The predicted molar refractivity (Wildman–Crippen MR) is 70.8 cm³/mol. The number of para-hydroxylation sites is 1. The maximum Gasteiger partial charge on any atom is 0.305 e. The third-order valence-electron chi connectivity index (χ3n) is 2.30. The molecule has 0 fully saturated rings. The summed E-state index contributed by atoms with van der Waals surface area (Å²) in [6.07, 6.45) is 0.718. The lowest BCUT2D eigenvalue weighted by Gasteiger charge is -2.21. The summed E-state index contributed by atoms with van der Waals surface area (Å²) in [5, 5.41) is 8.67. The second-order valence-corrected chi connectivity index (χ2v) is 6.23. The fourth-order valence-corrected chi connectivity index (χ4v) is 2.12. The Kier molecular flexibility index (Phi) is 5.05. The Bertz CT molecular complexity index is 553. The molecule has 7 heteroatoms. The van der Waals surface area contributed by atoms with Crippen molar-refractivity contribution in [2.45, 2.75) is 6.42 Å². The third kappa shape index (κ3) is 5.52. The maximum absolute atomic E-state index is 11.9. The van der Waals surface area contributed by atoms with Gasteiger partial charge in [0.15, 0.2) is 9.84 Å². The molecule has 19 heavy (non-hydrogen) atoms. The van der Waals surface area contributed by atoms with E-state index in [1.54, 1.807) is 30.3 Å². The van der Waals surface area contributed by atoms with Crippen molar-refractivity contribution in [3.8, 4) is 0 Å². The molecule has 1 amide bonds. The van der Waals surface area contributed by atoms with Crippen molar-refractivity contribution in [3.05, 3.63) is 30.3 Å². The lowest BCUT2D eigenvalue weighted by molar-refractivity contribution is -0.136. The fourth-order valence-electron chi connectivity index (χ4n) is 1.52.